The van der Waals surface area contributed by atoms with Crippen LogP contribution in [0.25, 0.3) is 0 Å². The number of aliphatic hydroxyl groups excluding tert-OH is 1. The highest BCUT2D eigenvalue weighted by atomic mass is 16.3. The van der Waals surface area contributed by atoms with Gasteiger partial charge in [0.15, 0.2) is 0 Å². The molecule has 1 aliphatic carbocycles. The summed E-state index contributed by atoms with van der Waals surface area (Å²) >= 11 is 0. The Balaban J connectivity index is 2.25. The third-order valence-electron chi connectivity index (χ3n) is 4.38. The molecule has 0 radical (unpaired) electrons. The second-order valence-corrected chi connectivity index (χ2v) is 6.39. The number of nitrogens with zero attached hydrogens (tertiary/aromatic N) is 1. The summed E-state index contributed by atoms with van der Waals surface area (Å²) in [5.74, 6) is 1.86. The second kappa shape index (κ2) is 7.85. The van der Waals surface area contributed by atoms with Gasteiger partial charge in [0.25, 0.3) is 0 Å². The van der Waals surface area contributed by atoms with E-state index in [0.29, 0.717) is 30.7 Å². The van der Waals surface area contributed by atoms with E-state index in [1.807, 2.05) is 11.9 Å². The molecule has 19 heavy (non-hydrogen) atoms. The first-order chi connectivity index (χ1) is 8.93. The van der Waals surface area contributed by atoms with Crippen LogP contribution in [-0.2, 0) is 4.79 Å². The summed E-state index contributed by atoms with van der Waals surface area (Å²) in [6.45, 7) is 5.89. The first kappa shape index (κ1) is 16.4. The Bertz CT molecular complexity index is 275. The maximum absolute atomic E-state index is 12.1. The summed E-state index contributed by atoms with van der Waals surface area (Å²) in [5.41, 5.74) is 5.62. The molecule has 0 heterocycles. The highest BCUT2D eigenvalue weighted by molar-refractivity contribution is 5.75. The number of hydrogen-bond donors (Lipinski definition) is 2. The van der Waals surface area contributed by atoms with Crippen molar-refractivity contribution in [2.24, 2.45) is 23.5 Å². The summed E-state index contributed by atoms with van der Waals surface area (Å²) in [4.78, 5) is 13.9. The molecule has 0 aromatic rings. The molecule has 0 bridgehead atoms. The van der Waals surface area contributed by atoms with Crippen LogP contribution in [0, 0.1) is 17.8 Å². The van der Waals surface area contributed by atoms with Crippen LogP contribution in [-0.4, -0.2) is 42.2 Å². The van der Waals surface area contributed by atoms with Gasteiger partial charge in [0, 0.05) is 20.0 Å². The highest BCUT2D eigenvalue weighted by Crippen LogP contribution is 2.28. The lowest BCUT2D eigenvalue weighted by molar-refractivity contribution is -0.131. The van der Waals surface area contributed by atoms with Gasteiger partial charge in [-0.15, -0.1) is 0 Å². The standard InChI is InChI=1S/C15H30N2O2/c1-11(2)13(6-7-16)4-5-15(19)17(3)10-12-8-14(18)9-12/h11-14,18H,4-10,16H2,1-3H3. The minimum atomic E-state index is -0.136. The van der Waals surface area contributed by atoms with Gasteiger partial charge in [-0.2, -0.15) is 0 Å². The Hall–Kier alpha value is -0.610. The fourth-order valence-electron chi connectivity index (χ4n) is 2.86. The molecule has 0 aliphatic heterocycles. The van der Waals surface area contributed by atoms with Gasteiger partial charge in [-0.1, -0.05) is 13.8 Å². The normalized spacial score (nSPS) is 24.1. The van der Waals surface area contributed by atoms with Crippen LogP contribution in [0.3, 0.4) is 0 Å². The summed E-state index contributed by atoms with van der Waals surface area (Å²) in [6.07, 6.45) is 4.12. The molecule has 1 aliphatic rings. The molecular weight excluding hydrogens is 240 g/mol. The van der Waals surface area contributed by atoms with Crippen molar-refractivity contribution in [1.82, 2.24) is 4.90 Å². The smallest absolute Gasteiger partial charge is 0.222 e. The molecule has 1 rings (SSSR count). The maximum Gasteiger partial charge on any atom is 0.222 e. The lowest BCUT2D eigenvalue weighted by Gasteiger charge is -2.34. The molecule has 4 nitrogen and oxygen atoms in total. The van der Waals surface area contributed by atoms with E-state index >= 15 is 0 Å². The maximum atomic E-state index is 12.1. The van der Waals surface area contributed by atoms with Crippen molar-refractivity contribution in [3.8, 4) is 0 Å². The van der Waals surface area contributed by atoms with Gasteiger partial charge in [-0.3, -0.25) is 4.79 Å². The van der Waals surface area contributed by atoms with Crippen molar-refractivity contribution in [2.45, 2.75) is 52.1 Å². The number of rotatable bonds is 8. The van der Waals surface area contributed by atoms with E-state index in [1.54, 1.807) is 0 Å². The molecule has 112 valence electrons. The topological polar surface area (TPSA) is 66.6 Å². The Morgan fingerprint density at radius 3 is 2.47 bits per heavy atom. The number of nitrogens with two attached hydrogens (primary N) is 1. The van der Waals surface area contributed by atoms with E-state index in [0.717, 1.165) is 32.2 Å². The molecule has 3 N–H and O–H groups in total. The highest BCUT2D eigenvalue weighted by Gasteiger charge is 2.29. The molecule has 0 aromatic carbocycles. The van der Waals surface area contributed by atoms with Crippen LogP contribution >= 0.6 is 0 Å². The van der Waals surface area contributed by atoms with Crippen LogP contribution in [0.4, 0.5) is 0 Å². The predicted octanol–water partition coefficient (Wildman–Crippen LogP) is 1.62. The second-order valence-electron chi connectivity index (χ2n) is 6.39. The fraction of sp³-hybridized carbons (Fsp3) is 0.933. The molecule has 1 saturated carbocycles. The molecule has 0 spiro atoms. The monoisotopic (exact) mass is 270 g/mol. The Labute approximate surface area is 117 Å². The van der Waals surface area contributed by atoms with E-state index in [9.17, 15) is 9.90 Å². The molecule has 0 aromatic heterocycles. The molecule has 1 atom stereocenters. The third kappa shape index (κ3) is 5.49. The van der Waals surface area contributed by atoms with E-state index in [-0.39, 0.29) is 12.0 Å². The fourth-order valence-corrected chi connectivity index (χ4v) is 2.86. The summed E-state index contributed by atoms with van der Waals surface area (Å²) in [7, 11) is 1.88. The third-order valence-corrected chi connectivity index (χ3v) is 4.38. The zero-order valence-corrected chi connectivity index (χ0v) is 12.6. The molecule has 1 unspecified atom stereocenters. The number of amides is 1. The molecule has 1 fully saturated rings. The van der Waals surface area contributed by atoms with E-state index in [2.05, 4.69) is 13.8 Å². The van der Waals surface area contributed by atoms with Crippen LogP contribution < -0.4 is 5.73 Å². The van der Waals surface area contributed by atoms with E-state index < -0.39 is 0 Å². The molecule has 0 saturated heterocycles. The lowest BCUT2D eigenvalue weighted by Crippen LogP contribution is -2.39. The largest absolute Gasteiger partial charge is 0.393 e. The van der Waals surface area contributed by atoms with Gasteiger partial charge in [-0.05, 0) is 50.0 Å². The minimum Gasteiger partial charge on any atom is -0.393 e. The number of carbonyl (C=O) groups is 1. The van der Waals surface area contributed by atoms with Crippen molar-refractivity contribution >= 4 is 5.91 Å². The van der Waals surface area contributed by atoms with Crippen molar-refractivity contribution < 1.29 is 9.90 Å². The molecule has 4 heteroatoms. The average Bonchev–Trinajstić information content (AvgIpc) is 2.31. The Morgan fingerprint density at radius 1 is 1.37 bits per heavy atom. The first-order valence-corrected chi connectivity index (χ1v) is 7.56. The quantitative estimate of drug-likeness (QED) is 0.704. The lowest BCUT2D eigenvalue weighted by atomic mass is 9.82. The minimum absolute atomic E-state index is 0.136. The van der Waals surface area contributed by atoms with E-state index in [1.165, 1.54) is 0 Å². The van der Waals surface area contributed by atoms with Crippen molar-refractivity contribution in [1.29, 1.82) is 0 Å². The van der Waals surface area contributed by atoms with Gasteiger partial charge in [0.2, 0.25) is 5.91 Å². The van der Waals surface area contributed by atoms with Crippen LogP contribution in [0.2, 0.25) is 0 Å². The van der Waals surface area contributed by atoms with Gasteiger partial charge < -0.3 is 15.7 Å². The molecule has 1 amide bonds. The van der Waals surface area contributed by atoms with Crippen LogP contribution in [0.15, 0.2) is 0 Å². The summed E-state index contributed by atoms with van der Waals surface area (Å²) < 4.78 is 0. The summed E-state index contributed by atoms with van der Waals surface area (Å²) in [6, 6.07) is 0. The number of aliphatic hydroxyl groups is 1. The zero-order chi connectivity index (χ0) is 14.4. The number of carbonyl (C=O) groups excluding carboxylic acids is 1. The van der Waals surface area contributed by atoms with Gasteiger partial charge in [-0.25, -0.2) is 0 Å². The van der Waals surface area contributed by atoms with Gasteiger partial charge >= 0.3 is 0 Å². The van der Waals surface area contributed by atoms with E-state index in [4.69, 9.17) is 5.73 Å². The Kier molecular flexibility index (Phi) is 6.80. The van der Waals surface area contributed by atoms with Crippen LogP contribution in [0.1, 0.15) is 46.0 Å². The summed E-state index contributed by atoms with van der Waals surface area (Å²) in [5, 5.41) is 9.25. The van der Waals surface area contributed by atoms with Gasteiger partial charge in [0.1, 0.15) is 0 Å². The SMILES string of the molecule is CC(C)C(CCN)CCC(=O)N(C)CC1CC(O)C1. The van der Waals surface area contributed by atoms with Crippen molar-refractivity contribution in [3.05, 3.63) is 0 Å². The van der Waals surface area contributed by atoms with Crippen molar-refractivity contribution in [3.63, 3.8) is 0 Å². The predicted molar refractivity (Wildman–Crippen MR) is 77.6 cm³/mol. The number of hydrogen-bond acceptors (Lipinski definition) is 3. The van der Waals surface area contributed by atoms with Crippen molar-refractivity contribution in [2.75, 3.05) is 20.1 Å². The Morgan fingerprint density at radius 2 is 2.00 bits per heavy atom. The van der Waals surface area contributed by atoms with Gasteiger partial charge in [0.05, 0.1) is 6.10 Å². The average molecular weight is 270 g/mol. The molecular formula is C15H30N2O2. The zero-order valence-electron chi connectivity index (χ0n) is 12.6. The first-order valence-electron chi connectivity index (χ1n) is 7.56. The van der Waals surface area contributed by atoms with Crippen LogP contribution in [0.5, 0.6) is 0 Å².